The fraction of sp³-hybridized carbons (Fsp3) is 0.0625. The summed E-state index contributed by atoms with van der Waals surface area (Å²) in [6.45, 7) is 0. The van der Waals surface area contributed by atoms with Gasteiger partial charge in [-0.1, -0.05) is 85.0 Å². The van der Waals surface area contributed by atoms with Crippen molar-refractivity contribution in [1.82, 2.24) is 9.97 Å². The van der Waals surface area contributed by atoms with Crippen LogP contribution in [0.4, 0.5) is 0 Å². The molecule has 6 aliphatic carbocycles. The lowest BCUT2D eigenvalue weighted by molar-refractivity contribution is 1.04. The Bertz CT molecular complexity index is 2020. The van der Waals surface area contributed by atoms with Gasteiger partial charge in [0.15, 0.2) is 0 Å². The first kappa shape index (κ1) is 19.8. The maximum Gasteiger partial charge on any atom is 0.0945 e. The lowest BCUT2D eigenvalue weighted by Crippen LogP contribution is -2.36. The number of aromatic nitrogens is 2. The molecule has 0 bridgehead atoms. The van der Waals surface area contributed by atoms with Crippen molar-refractivity contribution in [3.63, 3.8) is 0 Å². The zero-order chi connectivity index (χ0) is 23.7. The molecule has 36 heavy (non-hydrogen) atoms. The van der Waals surface area contributed by atoms with Crippen molar-refractivity contribution in [3.8, 4) is 0 Å². The Hall–Kier alpha value is -3.34. The first-order valence-corrected chi connectivity index (χ1v) is 13.7. The molecule has 0 saturated carbocycles. The number of halogens is 2. The fourth-order valence-corrected chi connectivity index (χ4v) is 8.28. The smallest absolute Gasteiger partial charge is 0.0945 e. The van der Waals surface area contributed by atoms with Crippen molar-refractivity contribution >= 4 is 63.1 Å². The van der Waals surface area contributed by atoms with Crippen molar-refractivity contribution in [3.05, 3.63) is 139 Å². The van der Waals surface area contributed by atoms with E-state index in [1.165, 1.54) is 63.3 Å². The molecule has 4 heteroatoms. The molecule has 2 atom stereocenters. The lowest BCUT2D eigenvalue weighted by Gasteiger charge is -2.26. The average Bonchev–Trinajstić information content (AvgIpc) is 3.43. The van der Waals surface area contributed by atoms with Gasteiger partial charge in [-0.3, -0.25) is 0 Å². The molecular weight excluding hydrogens is 572 g/mol. The maximum absolute atomic E-state index is 5.48. The van der Waals surface area contributed by atoms with Crippen LogP contribution < -0.4 is 31.6 Å². The van der Waals surface area contributed by atoms with Gasteiger partial charge in [0.05, 0.1) is 22.1 Å². The number of hydrogen-bond acceptors (Lipinski definition) is 2. The third-order valence-corrected chi connectivity index (χ3v) is 10.1. The minimum absolute atomic E-state index is 0.168. The van der Waals surface area contributed by atoms with Crippen LogP contribution in [0.25, 0.3) is 31.3 Å². The second kappa shape index (κ2) is 6.70. The van der Waals surface area contributed by atoms with Gasteiger partial charge >= 0.3 is 0 Å². The van der Waals surface area contributed by atoms with Crippen LogP contribution in [0.5, 0.6) is 0 Å². The van der Waals surface area contributed by atoms with E-state index in [0.717, 1.165) is 22.1 Å². The largest absolute Gasteiger partial charge is 0.244 e. The van der Waals surface area contributed by atoms with Crippen LogP contribution in [-0.4, -0.2) is 9.97 Å². The number of benzene rings is 2. The van der Waals surface area contributed by atoms with E-state index in [9.17, 15) is 0 Å². The van der Waals surface area contributed by atoms with Crippen LogP contribution in [0, 0.1) is 11.8 Å². The van der Waals surface area contributed by atoms with Gasteiger partial charge in [0, 0.05) is 20.8 Å². The molecule has 1 aromatic heterocycles. The van der Waals surface area contributed by atoms with Gasteiger partial charge in [0.25, 0.3) is 0 Å². The normalized spacial score (nSPS) is 23.1. The van der Waals surface area contributed by atoms with Crippen LogP contribution >= 0.6 is 31.9 Å². The maximum atomic E-state index is 5.48. The van der Waals surface area contributed by atoms with E-state index < -0.39 is 0 Å². The zero-order valence-corrected chi connectivity index (χ0v) is 22.1. The number of allylic oxidation sites excluding steroid dienone is 8. The molecule has 0 amide bonds. The molecule has 2 aromatic carbocycles. The van der Waals surface area contributed by atoms with Crippen LogP contribution in [0.3, 0.4) is 0 Å². The fourth-order valence-electron chi connectivity index (χ4n) is 6.87. The van der Waals surface area contributed by atoms with Gasteiger partial charge < -0.3 is 0 Å². The SMILES string of the molecule is BrC1=c2ccccc2=C2c3nc4c(nc3=C3C=CC=C1C32)C1=c2ccccc2=C(Br)C2=CC=CC=4C21. The van der Waals surface area contributed by atoms with E-state index in [0.29, 0.717) is 0 Å². The highest BCUT2D eigenvalue weighted by Crippen LogP contribution is 2.47. The van der Waals surface area contributed by atoms with Crippen molar-refractivity contribution < 1.29 is 0 Å². The Morgan fingerprint density at radius 2 is 0.972 bits per heavy atom. The molecule has 0 saturated heterocycles. The van der Waals surface area contributed by atoms with E-state index in [1.807, 2.05) is 0 Å². The molecule has 3 aromatic rings. The Morgan fingerprint density at radius 1 is 0.556 bits per heavy atom. The van der Waals surface area contributed by atoms with Crippen LogP contribution in [0.15, 0.2) is 96.1 Å². The molecule has 0 N–H and O–H groups in total. The minimum Gasteiger partial charge on any atom is -0.244 e. The summed E-state index contributed by atoms with van der Waals surface area (Å²) in [5, 5.41) is 7.01. The monoisotopic (exact) mass is 586 g/mol. The second-order valence-corrected chi connectivity index (χ2v) is 11.5. The summed E-state index contributed by atoms with van der Waals surface area (Å²) >= 11 is 7.86. The highest BCUT2D eigenvalue weighted by atomic mass is 79.9. The van der Waals surface area contributed by atoms with Crippen LogP contribution in [-0.2, 0) is 0 Å². The van der Waals surface area contributed by atoms with Crippen molar-refractivity contribution in [2.45, 2.75) is 0 Å². The van der Waals surface area contributed by atoms with E-state index in [-0.39, 0.29) is 11.8 Å². The number of nitrogens with zero attached hydrogens (tertiary/aromatic N) is 2. The molecule has 6 aliphatic rings. The molecule has 0 spiro atoms. The third-order valence-electron chi connectivity index (χ3n) is 8.29. The standard InChI is InChI=1S/C32H16Br2N2/c33-27-17-9-3-1-7-15(17)25-23-19(27)11-5-13-21(23)29-31(25)35-30-22-14-6-12-20-24(22)26(32(30)36-29)16-8-2-4-10-18(16)28(20)34/h1-14,23-24H. The van der Waals surface area contributed by atoms with Gasteiger partial charge in [-0.25, -0.2) is 9.97 Å². The van der Waals surface area contributed by atoms with E-state index in [1.54, 1.807) is 0 Å². The summed E-state index contributed by atoms with van der Waals surface area (Å²) < 4.78 is 2.34. The topological polar surface area (TPSA) is 25.8 Å². The van der Waals surface area contributed by atoms with Gasteiger partial charge in [-0.15, -0.1) is 0 Å². The lowest BCUT2D eigenvalue weighted by atomic mass is 9.80. The second-order valence-electron chi connectivity index (χ2n) is 9.90. The van der Waals surface area contributed by atoms with Gasteiger partial charge in [-0.05, 0) is 86.2 Å². The summed E-state index contributed by atoms with van der Waals surface area (Å²) in [5.41, 5.74) is 9.73. The van der Waals surface area contributed by atoms with Gasteiger partial charge in [-0.2, -0.15) is 0 Å². The molecule has 0 aliphatic heterocycles. The van der Waals surface area contributed by atoms with Gasteiger partial charge in [0.1, 0.15) is 0 Å². The summed E-state index contributed by atoms with van der Waals surface area (Å²) in [4.78, 5) is 11.0. The summed E-state index contributed by atoms with van der Waals surface area (Å²) in [6.07, 6.45) is 13.3. The highest BCUT2D eigenvalue weighted by molar-refractivity contribution is 9.15. The summed E-state index contributed by atoms with van der Waals surface area (Å²) in [6, 6.07) is 17.3. The quantitative estimate of drug-likeness (QED) is 0.404. The third kappa shape index (κ3) is 2.20. The predicted molar refractivity (Wildman–Crippen MR) is 151 cm³/mol. The van der Waals surface area contributed by atoms with Gasteiger partial charge in [0.2, 0.25) is 0 Å². The number of rotatable bonds is 0. The zero-order valence-electron chi connectivity index (χ0n) is 18.9. The average molecular weight is 588 g/mol. The van der Waals surface area contributed by atoms with Crippen molar-refractivity contribution in [2.75, 3.05) is 0 Å². The first-order valence-electron chi connectivity index (χ1n) is 12.1. The number of fused-ring (bicyclic) bond motifs is 6. The first-order chi connectivity index (χ1) is 17.7. The van der Waals surface area contributed by atoms with Crippen LogP contribution in [0.1, 0.15) is 11.4 Å². The van der Waals surface area contributed by atoms with Crippen molar-refractivity contribution in [1.29, 1.82) is 0 Å². The summed E-state index contributed by atoms with van der Waals surface area (Å²) in [5.74, 6) is 0.335. The summed E-state index contributed by atoms with van der Waals surface area (Å²) in [7, 11) is 0. The predicted octanol–water partition coefficient (Wildman–Crippen LogP) is 2.46. The van der Waals surface area contributed by atoms with Crippen molar-refractivity contribution in [2.24, 2.45) is 11.8 Å². The van der Waals surface area contributed by atoms with E-state index in [4.69, 9.17) is 9.97 Å². The molecule has 0 fully saturated rings. The van der Waals surface area contributed by atoms with Crippen LogP contribution in [0.2, 0.25) is 0 Å². The molecular formula is C32H16Br2N2. The minimum atomic E-state index is 0.168. The molecule has 9 rings (SSSR count). The molecule has 2 nitrogen and oxygen atoms in total. The Labute approximate surface area is 223 Å². The molecule has 168 valence electrons. The van der Waals surface area contributed by atoms with E-state index >= 15 is 0 Å². The molecule has 2 unspecified atom stereocenters. The molecule has 0 radical (unpaired) electrons. The molecule has 1 heterocycles. The highest BCUT2D eigenvalue weighted by Gasteiger charge is 2.41. The Morgan fingerprint density at radius 3 is 1.42 bits per heavy atom. The Kier molecular flexibility index (Phi) is 3.68. The Balaban J connectivity index is 1.50. The number of hydrogen-bond donors (Lipinski definition) is 0. The van der Waals surface area contributed by atoms with E-state index in [2.05, 4.69) is 117 Å².